The number of ether oxygens (including phenoxy) is 1. The second kappa shape index (κ2) is 7.13. The van der Waals surface area contributed by atoms with Crippen LogP contribution in [-0.2, 0) is 12.0 Å². The zero-order valence-corrected chi connectivity index (χ0v) is 16.0. The Morgan fingerprint density at radius 3 is 2.45 bits per heavy atom. The second-order valence-electron chi connectivity index (χ2n) is 6.89. The average Bonchev–Trinajstić information content (AvgIpc) is 3.11. The lowest BCUT2D eigenvalue weighted by atomic mass is 9.85. The van der Waals surface area contributed by atoms with Crippen molar-refractivity contribution in [1.29, 1.82) is 0 Å². The van der Waals surface area contributed by atoms with Crippen LogP contribution in [0.4, 0.5) is 8.78 Å². The van der Waals surface area contributed by atoms with Crippen molar-refractivity contribution in [3.05, 3.63) is 87.9 Å². The average molecular weight is 415 g/mol. The predicted molar refractivity (Wildman–Crippen MR) is 107 cm³/mol. The third kappa shape index (κ3) is 3.05. The van der Waals surface area contributed by atoms with Gasteiger partial charge in [-0.05, 0) is 29.8 Å². The lowest BCUT2D eigenvalue weighted by Gasteiger charge is -2.27. The molecule has 4 N–H and O–H groups in total. The minimum absolute atomic E-state index is 0.150. The van der Waals surface area contributed by atoms with Crippen molar-refractivity contribution in [1.82, 2.24) is 0 Å². The number of nitrogens with two attached hydrogens (primary N) is 2. The van der Waals surface area contributed by atoms with Gasteiger partial charge in [-0.25, -0.2) is 8.78 Å². The van der Waals surface area contributed by atoms with E-state index in [1.54, 1.807) is 6.07 Å². The summed E-state index contributed by atoms with van der Waals surface area (Å²) in [7, 11) is 0. The summed E-state index contributed by atoms with van der Waals surface area (Å²) in [6, 6.07) is 14.6. The van der Waals surface area contributed by atoms with Crippen LogP contribution in [0, 0.1) is 11.6 Å². The number of carbonyl (C=O) groups is 1. The van der Waals surface area contributed by atoms with E-state index in [1.165, 1.54) is 6.07 Å². The van der Waals surface area contributed by atoms with Gasteiger partial charge >= 0.3 is 0 Å². The predicted octanol–water partition coefficient (Wildman–Crippen LogP) is 4.17. The number of carbonyl (C=O) groups excluding carboxylic acids is 1. The number of rotatable bonds is 4. The van der Waals surface area contributed by atoms with Gasteiger partial charge in [-0.1, -0.05) is 41.9 Å². The lowest BCUT2D eigenvalue weighted by Crippen LogP contribution is -2.39. The van der Waals surface area contributed by atoms with Crippen LogP contribution in [0.2, 0.25) is 5.02 Å². The standard InChI is InChI=1S/C22H17ClF2N2O2/c23-15-7-9-17-14(10-22(11-26,29-17)12-4-2-1-3-5-12)18(15)19-13(21(27)28)6-8-16(24)20(19)25/h1-9H,10-11,26H2,(H2,27,28). The lowest BCUT2D eigenvalue weighted by molar-refractivity contribution is 0.1000. The first-order chi connectivity index (χ1) is 13.9. The molecule has 1 amide bonds. The van der Waals surface area contributed by atoms with E-state index in [4.69, 9.17) is 27.8 Å². The Balaban J connectivity index is 1.96. The number of halogens is 3. The Morgan fingerprint density at radius 2 is 1.79 bits per heavy atom. The van der Waals surface area contributed by atoms with E-state index in [9.17, 15) is 13.6 Å². The van der Waals surface area contributed by atoms with Gasteiger partial charge in [-0.15, -0.1) is 0 Å². The molecule has 4 nitrogen and oxygen atoms in total. The Labute approximate surface area is 171 Å². The van der Waals surface area contributed by atoms with Crippen LogP contribution in [0.5, 0.6) is 5.75 Å². The highest BCUT2D eigenvalue weighted by Crippen LogP contribution is 2.48. The van der Waals surface area contributed by atoms with Crippen LogP contribution in [0.25, 0.3) is 11.1 Å². The van der Waals surface area contributed by atoms with Crippen LogP contribution >= 0.6 is 11.6 Å². The van der Waals surface area contributed by atoms with Crippen LogP contribution < -0.4 is 16.2 Å². The first-order valence-corrected chi connectivity index (χ1v) is 9.30. The summed E-state index contributed by atoms with van der Waals surface area (Å²) in [4.78, 5) is 11.9. The molecule has 1 heterocycles. The van der Waals surface area contributed by atoms with Crippen LogP contribution in [0.15, 0.2) is 54.6 Å². The Bertz CT molecular complexity index is 1120. The molecule has 29 heavy (non-hydrogen) atoms. The fraction of sp³-hybridized carbons (Fsp3) is 0.136. The highest BCUT2D eigenvalue weighted by Gasteiger charge is 2.42. The summed E-state index contributed by atoms with van der Waals surface area (Å²) in [5.74, 6) is -2.75. The molecule has 1 atom stereocenters. The highest BCUT2D eigenvalue weighted by molar-refractivity contribution is 6.34. The molecule has 1 aliphatic heterocycles. The van der Waals surface area contributed by atoms with Crippen LogP contribution in [0.3, 0.4) is 0 Å². The molecule has 1 unspecified atom stereocenters. The SMILES string of the molecule is NCC1(c2ccccc2)Cc2c(ccc(Cl)c2-c2c(C(N)=O)ccc(F)c2F)O1. The maximum Gasteiger partial charge on any atom is 0.249 e. The number of benzene rings is 3. The minimum atomic E-state index is -1.19. The molecule has 4 rings (SSSR count). The van der Waals surface area contributed by atoms with Crippen LogP contribution in [-0.4, -0.2) is 12.5 Å². The van der Waals surface area contributed by atoms with Gasteiger partial charge in [0.1, 0.15) is 5.75 Å². The van der Waals surface area contributed by atoms with Crippen molar-refractivity contribution in [2.24, 2.45) is 11.5 Å². The molecule has 3 aromatic carbocycles. The monoisotopic (exact) mass is 414 g/mol. The third-order valence-electron chi connectivity index (χ3n) is 5.23. The van der Waals surface area contributed by atoms with Gasteiger partial charge in [-0.3, -0.25) is 4.79 Å². The Morgan fingerprint density at radius 1 is 1.07 bits per heavy atom. The molecule has 0 saturated carbocycles. The molecule has 0 aromatic heterocycles. The molecule has 1 aliphatic rings. The van der Waals surface area contributed by atoms with Crippen molar-refractivity contribution in [2.75, 3.05) is 6.54 Å². The zero-order chi connectivity index (χ0) is 20.8. The number of hydrogen-bond acceptors (Lipinski definition) is 3. The van der Waals surface area contributed by atoms with Gasteiger partial charge in [0.15, 0.2) is 17.2 Å². The second-order valence-corrected chi connectivity index (χ2v) is 7.30. The molecule has 0 bridgehead atoms. The number of primary amides is 1. The van der Waals surface area contributed by atoms with Gasteiger partial charge in [0, 0.05) is 34.7 Å². The first-order valence-electron chi connectivity index (χ1n) is 8.92. The molecule has 0 radical (unpaired) electrons. The van der Waals surface area contributed by atoms with Crippen molar-refractivity contribution < 1.29 is 18.3 Å². The van der Waals surface area contributed by atoms with Gasteiger partial charge in [0.2, 0.25) is 5.91 Å². The molecular formula is C22H17ClF2N2O2. The fourth-order valence-electron chi connectivity index (χ4n) is 3.81. The van der Waals surface area contributed by atoms with Gasteiger partial charge < -0.3 is 16.2 Å². The largest absolute Gasteiger partial charge is 0.481 e. The molecule has 3 aromatic rings. The van der Waals surface area contributed by atoms with E-state index in [0.29, 0.717) is 11.3 Å². The van der Waals surface area contributed by atoms with E-state index >= 15 is 0 Å². The van der Waals surface area contributed by atoms with E-state index in [0.717, 1.165) is 17.7 Å². The van der Waals surface area contributed by atoms with Crippen molar-refractivity contribution in [2.45, 2.75) is 12.0 Å². The summed E-state index contributed by atoms with van der Waals surface area (Å²) in [6.45, 7) is 0.150. The topological polar surface area (TPSA) is 78.3 Å². The first kappa shape index (κ1) is 19.4. The smallest absolute Gasteiger partial charge is 0.249 e. The quantitative estimate of drug-likeness (QED) is 0.672. The third-order valence-corrected chi connectivity index (χ3v) is 5.54. The van der Waals surface area contributed by atoms with E-state index in [1.807, 2.05) is 30.3 Å². The fourth-order valence-corrected chi connectivity index (χ4v) is 4.08. The van der Waals surface area contributed by atoms with Gasteiger partial charge in [0.05, 0.1) is 5.56 Å². The molecule has 0 spiro atoms. The summed E-state index contributed by atoms with van der Waals surface area (Å²) in [6.07, 6.45) is 0.271. The summed E-state index contributed by atoms with van der Waals surface area (Å²) in [5.41, 5.74) is 11.7. The van der Waals surface area contributed by atoms with Crippen molar-refractivity contribution in [3.63, 3.8) is 0 Å². The summed E-state index contributed by atoms with van der Waals surface area (Å²) in [5, 5.41) is 0.153. The number of fused-ring (bicyclic) bond motifs is 1. The molecule has 0 fully saturated rings. The number of amides is 1. The summed E-state index contributed by atoms with van der Waals surface area (Å²) >= 11 is 6.40. The van der Waals surface area contributed by atoms with E-state index in [-0.39, 0.29) is 34.7 Å². The maximum absolute atomic E-state index is 14.8. The van der Waals surface area contributed by atoms with Crippen molar-refractivity contribution in [3.8, 4) is 16.9 Å². The van der Waals surface area contributed by atoms with E-state index in [2.05, 4.69) is 0 Å². The molecular weight excluding hydrogens is 398 g/mol. The Hall–Kier alpha value is -2.96. The molecule has 7 heteroatoms. The van der Waals surface area contributed by atoms with Gasteiger partial charge in [0.25, 0.3) is 0 Å². The summed E-state index contributed by atoms with van der Waals surface area (Å²) < 4.78 is 35.1. The Kier molecular flexibility index (Phi) is 4.76. The highest BCUT2D eigenvalue weighted by atomic mass is 35.5. The van der Waals surface area contributed by atoms with Crippen molar-refractivity contribution >= 4 is 17.5 Å². The molecule has 0 saturated heterocycles. The maximum atomic E-state index is 14.8. The van der Waals surface area contributed by atoms with Crippen LogP contribution in [0.1, 0.15) is 21.5 Å². The normalized spacial score (nSPS) is 17.7. The molecule has 148 valence electrons. The molecule has 0 aliphatic carbocycles. The minimum Gasteiger partial charge on any atom is -0.481 e. The van der Waals surface area contributed by atoms with Gasteiger partial charge in [-0.2, -0.15) is 0 Å². The zero-order valence-electron chi connectivity index (χ0n) is 15.2. The van der Waals surface area contributed by atoms with E-state index < -0.39 is 23.1 Å². The number of hydrogen-bond donors (Lipinski definition) is 2.